The van der Waals surface area contributed by atoms with Crippen molar-refractivity contribution in [1.82, 2.24) is 0 Å². The first-order chi connectivity index (χ1) is 6.15. The molecule has 1 aromatic rings. The lowest BCUT2D eigenvalue weighted by Crippen LogP contribution is -2.01. The molecule has 0 radical (unpaired) electrons. The Hall–Kier alpha value is -0.890. The molecule has 1 unspecified atom stereocenters. The summed E-state index contributed by atoms with van der Waals surface area (Å²) in [5, 5.41) is 0.121. The Bertz CT molecular complexity index is 312. The van der Waals surface area contributed by atoms with Crippen LogP contribution in [0, 0.1) is 11.7 Å². The summed E-state index contributed by atoms with van der Waals surface area (Å²) in [4.78, 5) is 10.4. The van der Waals surface area contributed by atoms with Gasteiger partial charge in [0.1, 0.15) is 12.1 Å². The molecule has 70 valence electrons. The van der Waals surface area contributed by atoms with Crippen LogP contribution >= 0.6 is 11.6 Å². The van der Waals surface area contributed by atoms with E-state index in [0.29, 0.717) is 12.0 Å². The lowest BCUT2D eigenvalue weighted by Gasteiger charge is -2.06. The maximum atomic E-state index is 12.9. The third-order valence-corrected chi connectivity index (χ3v) is 2.23. The highest BCUT2D eigenvalue weighted by molar-refractivity contribution is 6.31. The molecule has 0 aliphatic carbocycles. The summed E-state index contributed by atoms with van der Waals surface area (Å²) in [5.41, 5.74) is 0.682. The van der Waals surface area contributed by atoms with Crippen molar-refractivity contribution in [3.8, 4) is 0 Å². The second kappa shape index (κ2) is 4.38. The van der Waals surface area contributed by atoms with Gasteiger partial charge in [-0.05, 0) is 18.1 Å². The predicted octanol–water partition coefficient (Wildman–Crippen LogP) is 2.86. The van der Waals surface area contributed by atoms with Crippen molar-refractivity contribution in [2.45, 2.75) is 13.3 Å². The number of halogens is 2. The van der Waals surface area contributed by atoms with Crippen LogP contribution in [0.25, 0.3) is 0 Å². The molecule has 0 N–H and O–H groups in total. The Morgan fingerprint density at radius 3 is 2.92 bits per heavy atom. The number of hydrogen-bond donors (Lipinski definition) is 0. The molecule has 0 fully saturated rings. The molecule has 0 aliphatic rings. The zero-order valence-corrected chi connectivity index (χ0v) is 8.01. The fraction of sp³-hybridized carbons (Fsp3) is 0.300. The topological polar surface area (TPSA) is 17.1 Å². The maximum Gasteiger partial charge on any atom is 0.142 e. The zero-order valence-electron chi connectivity index (χ0n) is 7.26. The van der Waals surface area contributed by atoms with Crippen LogP contribution in [-0.4, -0.2) is 6.29 Å². The van der Waals surface area contributed by atoms with Gasteiger partial charge in [-0.3, -0.25) is 0 Å². The second-order valence-corrected chi connectivity index (χ2v) is 3.41. The van der Waals surface area contributed by atoms with Gasteiger partial charge in [-0.2, -0.15) is 0 Å². The summed E-state index contributed by atoms with van der Waals surface area (Å²) >= 11 is 5.70. The minimum atomic E-state index is -0.433. The molecule has 1 nitrogen and oxygen atoms in total. The summed E-state index contributed by atoms with van der Waals surface area (Å²) < 4.78 is 12.9. The molecular formula is C10H10ClFO. The minimum absolute atomic E-state index is 0.121. The van der Waals surface area contributed by atoms with Crippen LogP contribution in [0.3, 0.4) is 0 Å². The van der Waals surface area contributed by atoms with E-state index in [9.17, 15) is 9.18 Å². The van der Waals surface area contributed by atoms with Gasteiger partial charge >= 0.3 is 0 Å². The molecule has 0 spiro atoms. The lowest BCUT2D eigenvalue weighted by atomic mass is 10.0. The normalized spacial score (nSPS) is 12.5. The summed E-state index contributed by atoms with van der Waals surface area (Å²) in [5.74, 6) is -0.559. The van der Waals surface area contributed by atoms with E-state index in [2.05, 4.69) is 0 Å². The largest absolute Gasteiger partial charge is 0.303 e. The van der Waals surface area contributed by atoms with E-state index in [1.54, 1.807) is 19.1 Å². The molecular weight excluding hydrogens is 191 g/mol. The molecule has 13 heavy (non-hydrogen) atoms. The molecule has 0 saturated heterocycles. The van der Waals surface area contributed by atoms with Crippen molar-refractivity contribution in [1.29, 1.82) is 0 Å². The number of hydrogen-bond acceptors (Lipinski definition) is 1. The summed E-state index contributed by atoms with van der Waals surface area (Å²) in [6.07, 6.45) is 1.32. The lowest BCUT2D eigenvalue weighted by molar-refractivity contribution is -0.110. The van der Waals surface area contributed by atoms with Crippen molar-refractivity contribution >= 4 is 17.9 Å². The SMILES string of the molecule is CC(C=O)Cc1cccc(F)c1Cl. The first kappa shape index (κ1) is 10.2. The van der Waals surface area contributed by atoms with E-state index >= 15 is 0 Å². The molecule has 0 aromatic heterocycles. The van der Waals surface area contributed by atoms with Gasteiger partial charge in [0.25, 0.3) is 0 Å². The minimum Gasteiger partial charge on any atom is -0.303 e. The average molecular weight is 201 g/mol. The molecule has 0 saturated carbocycles. The van der Waals surface area contributed by atoms with Crippen LogP contribution in [0.2, 0.25) is 5.02 Å². The van der Waals surface area contributed by atoms with Crippen molar-refractivity contribution in [3.05, 3.63) is 34.6 Å². The van der Waals surface area contributed by atoms with Gasteiger partial charge in [0.2, 0.25) is 0 Å². The fourth-order valence-corrected chi connectivity index (χ4v) is 1.30. The fourth-order valence-electron chi connectivity index (χ4n) is 1.10. The first-order valence-corrected chi connectivity index (χ1v) is 4.41. The molecule has 0 aliphatic heterocycles. The van der Waals surface area contributed by atoms with E-state index in [0.717, 1.165) is 6.29 Å². The third-order valence-electron chi connectivity index (χ3n) is 1.81. The van der Waals surface area contributed by atoms with Gasteiger partial charge in [-0.1, -0.05) is 30.7 Å². The summed E-state index contributed by atoms with van der Waals surface area (Å²) in [6.45, 7) is 1.77. The molecule has 0 heterocycles. The van der Waals surface area contributed by atoms with E-state index in [1.807, 2.05) is 0 Å². The molecule has 0 amide bonds. The van der Waals surface area contributed by atoms with E-state index in [4.69, 9.17) is 11.6 Å². The van der Waals surface area contributed by atoms with Gasteiger partial charge in [0.05, 0.1) is 5.02 Å². The van der Waals surface area contributed by atoms with Crippen LogP contribution in [0.15, 0.2) is 18.2 Å². The first-order valence-electron chi connectivity index (χ1n) is 4.03. The number of rotatable bonds is 3. The van der Waals surface area contributed by atoms with E-state index < -0.39 is 5.82 Å². The van der Waals surface area contributed by atoms with Crippen LogP contribution in [-0.2, 0) is 11.2 Å². The molecule has 1 atom stereocenters. The Balaban J connectivity index is 2.88. The Kier molecular flexibility index (Phi) is 3.43. The van der Waals surface area contributed by atoms with Gasteiger partial charge in [0.15, 0.2) is 0 Å². The van der Waals surface area contributed by atoms with Crippen LogP contribution < -0.4 is 0 Å². The predicted molar refractivity (Wildman–Crippen MR) is 50.3 cm³/mol. The van der Waals surface area contributed by atoms with Crippen LogP contribution in [0.1, 0.15) is 12.5 Å². The molecule has 0 bridgehead atoms. The standard InChI is InChI=1S/C10H10ClFO/c1-7(6-13)5-8-3-2-4-9(12)10(8)11/h2-4,6-7H,5H2,1H3. The Morgan fingerprint density at radius 1 is 1.62 bits per heavy atom. The van der Waals surface area contributed by atoms with E-state index in [-0.39, 0.29) is 10.9 Å². The van der Waals surface area contributed by atoms with Gasteiger partial charge < -0.3 is 4.79 Å². The number of carbonyl (C=O) groups excluding carboxylic acids is 1. The molecule has 3 heteroatoms. The Labute approximate surface area is 81.5 Å². The number of carbonyl (C=O) groups is 1. The van der Waals surface area contributed by atoms with Gasteiger partial charge in [-0.15, -0.1) is 0 Å². The zero-order chi connectivity index (χ0) is 9.84. The smallest absolute Gasteiger partial charge is 0.142 e. The quantitative estimate of drug-likeness (QED) is 0.686. The highest BCUT2D eigenvalue weighted by atomic mass is 35.5. The summed E-state index contributed by atoms with van der Waals surface area (Å²) in [6, 6.07) is 4.62. The monoisotopic (exact) mass is 200 g/mol. The molecule has 1 aromatic carbocycles. The highest BCUT2D eigenvalue weighted by Gasteiger charge is 2.08. The van der Waals surface area contributed by atoms with Crippen molar-refractivity contribution in [2.24, 2.45) is 5.92 Å². The highest BCUT2D eigenvalue weighted by Crippen LogP contribution is 2.21. The van der Waals surface area contributed by atoms with Gasteiger partial charge in [-0.25, -0.2) is 4.39 Å². The van der Waals surface area contributed by atoms with Crippen molar-refractivity contribution in [3.63, 3.8) is 0 Å². The van der Waals surface area contributed by atoms with Crippen molar-refractivity contribution in [2.75, 3.05) is 0 Å². The van der Waals surface area contributed by atoms with Gasteiger partial charge in [0, 0.05) is 5.92 Å². The number of benzene rings is 1. The number of aldehydes is 1. The third kappa shape index (κ3) is 2.52. The average Bonchev–Trinajstić information content (AvgIpc) is 2.13. The van der Waals surface area contributed by atoms with Crippen molar-refractivity contribution < 1.29 is 9.18 Å². The Morgan fingerprint density at radius 2 is 2.31 bits per heavy atom. The maximum absolute atomic E-state index is 12.9. The molecule has 1 rings (SSSR count). The second-order valence-electron chi connectivity index (χ2n) is 3.03. The van der Waals surface area contributed by atoms with Crippen LogP contribution in [0.4, 0.5) is 4.39 Å². The van der Waals surface area contributed by atoms with Crippen LogP contribution in [0.5, 0.6) is 0 Å². The van der Waals surface area contributed by atoms with E-state index in [1.165, 1.54) is 6.07 Å². The summed E-state index contributed by atoms with van der Waals surface area (Å²) in [7, 11) is 0.